The number of hydrazine groups is 1. The predicted molar refractivity (Wildman–Crippen MR) is 84.1 cm³/mol. The summed E-state index contributed by atoms with van der Waals surface area (Å²) in [6.07, 6.45) is 0. The summed E-state index contributed by atoms with van der Waals surface area (Å²) in [6.45, 7) is 2.43. The number of amides is 1. The Bertz CT molecular complexity index is 641. The molecule has 0 bridgehead atoms. The fraction of sp³-hybridized carbons (Fsp3) is 0.188. The van der Waals surface area contributed by atoms with Crippen molar-refractivity contribution in [1.82, 2.24) is 0 Å². The molecule has 5 nitrogen and oxygen atoms in total. The number of nitrogens with two attached hydrogens (primary N) is 1. The van der Waals surface area contributed by atoms with Gasteiger partial charge in [0.05, 0.1) is 17.9 Å². The van der Waals surface area contributed by atoms with Crippen molar-refractivity contribution in [3.05, 3.63) is 59.2 Å². The van der Waals surface area contributed by atoms with Crippen molar-refractivity contribution in [2.75, 3.05) is 17.9 Å². The molecule has 0 spiro atoms. The Morgan fingerprint density at radius 1 is 1.24 bits per heavy atom. The Morgan fingerprint density at radius 3 is 2.76 bits per heavy atom. The maximum Gasteiger partial charge on any atom is 0.257 e. The van der Waals surface area contributed by atoms with Gasteiger partial charge in [0.1, 0.15) is 0 Å². The molecule has 0 saturated carbocycles. The number of nitrogens with one attached hydrogen (secondary N) is 2. The second kappa shape index (κ2) is 6.88. The zero-order chi connectivity index (χ0) is 15.2. The fourth-order valence-corrected chi connectivity index (χ4v) is 2.08. The maximum atomic E-state index is 12.4. The van der Waals surface area contributed by atoms with Crippen LogP contribution < -0.4 is 16.6 Å². The molecule has 21 heavy (non-hydrogen) atoms. The fourth-order valence-electron chi connectivity index (χ4n) is 2.08. The molecule has 0 unspecified atom stereocenters. The molecule has 0 aliphatic carbocycles. The first kappa shape index (κ1) is 15.0. The second-order valence-corrected chi connectivity index (χ2v) is 4.78. The number of ether oxygens (including phenoxy) is 1. The summed E-state index contributed by atoms with van der Waals surface area (Å²) in [7, 11) is 1.64. The van der Waals surface area contributed by atoms with E-state index >= 15 is 0 Å². The van der Waals surface area contributed by atoms with E-state index in [1.54, 1.807) is 19.2 Å². The molecule has 2 aromatic rings. The zero-order valence-corrected chi connectivity index (χ0v) is 12.1. The number of carbonyl (C=O) groups is 1. The van der Waals surface area contributed by atoms with Gasteiger partial charge in [-0.25, -0.2) is 0 Å². The largest absolute Gasteiger partial charge is 0.380 e. The minimum Gasteiger partial charge on any atom is -0.380 e. The quantitative estimate of drug-likeness (QED) is 0.583. The van der Waals surface area contributed by atoms with E-state index in [1.807, 2.05) is 37.3 Å². The van der Waals surface area contributed by atoms with Crippen LogP contribution in [-0.2, 0) is 11.3 Å². The van der Waals surface area contributed by atoms with Crippen molar-refractivity contribution in [2.24, 2.45) is 5.84 Å². The number of carbonyl (C=O) groups excluding carboxylic acids is 1. The summed E-state index contributed by atoms with van der Waals surface area (Å²) >= 11 is 0. The van der Waals surface area contributed by atoms with Gasteiger partial charge in [0.15, 0.2) is 0 Å². The van der Waals surface area contributed by atoms with Gasteiger partial charge in [-0.3, -0.25) is 10.6 Å². The Hall–Kier alpha value is -2.37. The van der Waals surface area contributed by atoms with Crippen LogP contribution in [0.5, 0.6) is 0 Å². The number of benzene rings is 2. The Morgan fingerprint density at radius 2 is 2.05 bits per heavy atom. The van der Waals surface area contributed by atoms with E-state index in [9.17, 15) is 4.79 Å². The van der Waals surface area contributed by atoms with E-state index in [-0.39, 0.29) is 5.91 Å². The number of anilines is 2. The first-order chi connectivity index (χ1) is 10.1. The lowest BCUT2D eigenvalue weighted by Crippen LogP contribution is -2.17. The van der Waals surface area contributed by atoms with Gasteiger partial charge in [0, 0.05) is 12.8 Å². The van der Waals surface area contributed by atoms with E-state index in [4.69, 9.17) is 10.6 Å². The monoisotopic (exact) mass is 285 g/mol. The van der Waals surface area contributed by atoms with Crippen molar-refractivity contribution < 1.29 is 9.53 Å². The molecule has 0 aliphatic heterocycles. The normalized spacial score (nSPS) is 10.2. The lowest BCUT2D eigenvalue weighted by Gasteiger charge is -2.11. The third kappa shape index (κ3) is 3.81. The molecule has 4 N–H and O–H groups in total. The average Bonchev–Trinajstić information content (AvgIpc) is 2.48. The molecule has 0 heterocycles. The van der Waals surface area contributed by atoms with E-state index in [2.05, 4.69) is 10.7 Å². The topological polar surface area (TPSA) is 76.4 Å². The Balaban J connectivity index is 2.21. The van der Waals surface area contributed by atoms with Crippen LogP contribution in [0.25, 0.3) is 0 Å². The first-order valence-electron chi connectivity index (χ1n) is 6.60. The molecule has 0 atom stereocenters. The Labute approximate surface area is 124 Å². The molecule has 5 heteroatoms. The van der Waals surface area contributed by atoms with Crippen molar-refractivity contribution in [3.8, 4) is 0 Å². The molecular weight excluding hydrogens is 266 g/mol. The third-order valence-corrected chi connectivity index (χ3v) is 3.07. The lowest BCUT2D eigenvalue weighted by atomic mass is 10.1. The summed E-state index contributed by atoms with van der Waals surface area (Å²) in [5, 5.41) is 2.87. The van der Waals surface area contributed by atoms with Gasteiger partial charge in [0.2, 0.25) is 0 Å². The summed E-state index contributed by atoms with van der Waals surface area (Å²) in [6, 6.07) is 13.0. The van der Waals surface area contributed by atoms with E-state index in [1.165, 1.54) is 0 Å². The van der Waals surface area contributed by atoms with Crippen LogP contribution in [0.15, 0.2) is 42.5 Å². The van der Waals surface area contributed by atoms with Crippen LogP contribution in [0.2, 0.25) is 0 Å². The molecule has 0 aromatic heterocycles. The van der Waals surface area contributed by atoms with Crippen molar-refractivity contribution in [2.45, 2.75) is 13.5 Å². The number of hydrogen-bond acceptors (Lipinski definition) is 4. The van der Waals surface area contributed by atoms with Gasteiger partial charge < -0.3 is 15.5 Å². The van der Waals surface area contributed by atoms with Gasteiger partial charge in [-0.1, -0.05) is 23.8 Å². The lowest BCUT2D eigenvalue weighted by molar-refractivity contribution is 0.102. The van der Waals surface area contributed by atoms with Gasteiger partial charge in [-0.05, 0) is 36.8 Å². The average molecular weight is 285 g/mol. The first-order valence-corrected chi connectivity index (χ1v) is 6.60. The highest BCUT2D eigenvalue weighted by atomic mass is 16.5. The van der Waals surface area contributed by atoms with Crippen LogP contribution in [0.4, 0.5) is 11.4 Å². The highest BCUT2D eigenvalue weighted by molar-refractivity contribution is 6.08. The number of aryl methyl sites for hydroxylation is 1. The maximum absolute atomic E-state index is 12.4. The molecule has 1 amide bonds. The predicted octanol–water partition coefficient (Wildman–Crippen LogP) is 2.68. The van der Waals surface area contributed by atoms with E-state index < -0.39 is 0 Å². The molecule has 110 valence electrons. The number of hydrogen-bond donors (Lipinski definition) is 3. The molecule has 0 saturated heterocycles. The van der Waals surface area contributed by atoms with Gasteiger partial charge >= 0.3 is 0 Å². The summed E-state index contributed by atoms with van der Waals surface area (Å²) in [5.41, 5.74) is 6.35. The van der Waals surface area contributed by atoms with Crippen molar-refractivity contribution in [1.29, 1.82) is 0 Å². The van der Waals surface area contributed by atoms with Crippen LogP contribution >= 0.6 is 0 Å². The summed E-state index contributed by atoms with van der Waals surface area (Å²) < 4.78 is 5.09. The van der Waals surface area contributed by atoms with Crippen LogP contribution in [0.1, 0.15) is 21.5 Å². The number of nitrogen functional groups attached to an aromatic ring is 1. The van der Waals surface area contributed by atoms with Gasteiger partial charge in [-0.2, -0.15) is 0 Å². The summed E-state index contributed by atoms with van der Waals surface area (Å²) in [5.74, 6) is 5.24. The summed E-state index contributed by atoms with van der Waals surface area (Å²) in [4.78, 5) is 12.4. The molecule has 0 fully saturated rings. The highest BCUT2D eigenvalue weighted by Crippen LogP contribution is 2.19. The van der Waals surface area contributed by atoms with Gasteiger partial charge in [-0.15, -0.1) is 0 Å². The number of methoxy groups -OCH3 is 1. The van der Waals surface area contributed by atoms with Crippen LogP contribution in [0, 0.1) is 6.92 Å². The minimum atomic E-state index is -0.207. The molecule has 2 rings (SSSR count). The van der Waals surface area contributed by atoms with Crippen LogP contribution in [0.3, 0.4) is 0 Å². The smallest absolute Gasteiger partial charge is 0.257 e. The number of rotatable bonds is 5. The van der Waals surface area contributed by atoms with E-state index in [0.29, 0.717) is 17.9 Å². The second-order valence-electron chi connectivity index (χ2n) is 4.78. The Kier molecular flexibility index (Phi) is 4.92. The SMILES string of the molecule is COCc1cccc(NC(=O)c2cc(C)ccc2NN)c1. The van der Waals surface area contributed by atoms with Crippen LogP contribution in [-0.4, -0.2) is 13.0 Å². The van der Waals surface area contributed by atoms with Crippen molar-refractivity contribution in [3.63, 3.8) is 0 Å². The zero-order valence-electron chi connectivity index (χ0n) is 12.1. The molecular formula is C16H19N3O2. The van der Waals surface area contributed by atoms with Gasteiger partial charge in [0.25, 0.3) is 5.91 Å². The third-order valence-electron chi connectivity index (χ3n) is 3.07. The molecule has 0 radical (unpaired) electrons. The standard InChI is InChI=1S/C16H19N3O2/c1-11-6-7-15(19-17)14(8-11)16(20)18-13-5-3-4-12(9-13)10-21-2/h3-9,19H,10,17H2,1-2H3,(H,18,20). The minimum absolute atomic E-state index is 0.207. The molecule has 2 aromatic carbocycles. The van der Waals surface area contributed by atoms with E-state index in [0.717, 1.165) is 16.8 Å². The van der Waals surface area contributed by atoms with Crippen molar-refractivity contribution >= 4 is 17.3 Å². The highest BCUT2D eigenvalue weighted by Gasteiger charge is 2.11. The molecule has 0 aliphatic rings.